The normalized spacial score (nSPS) is 14.1. The zero-order valence-electron chi connectivity index (χ0n) is 11.6. The Bertz CT molecular complexity index is 667. The van der Waals surface area contributed by atoms with E-state index in [1.807, 2.05) is 5.32 Å². The van der Waals surface area contributed by atoms with Crippen molar-refractivity contribution in [3.8, 4) is 0 Å². The third-order valence-corrected chi connectivity index (χ3v) is 3.71. The van der Waals surface area contributed by atoms with Gasteiger partial charge in [0.25, 0.3) is 5.24 Å². The van der Waals surface area contributed by atoms with Crippen molar-refractivity contribution in [2.75, 3.05) is 24.2 Å². The molecular formula is C13H11F2N3O4S. The summed E-state index contributed by atoms with van der Waals surface area (Å²) >= 11 is 0.856. The molecule has 0 bridgehead atoms. The predicted octanol–water partition coefficient (Wildman–Crippen LogP) is 0.715. The van der Waals surface area contributed by atoms with Gasteiger partial charge in [0.15, 0.2) is 0 Å². The number of amides is 4. The van der Waals surface area contributed by atoms with Crippen molar-refractivity contribution in [2.24, 2.45) is 0 Å². The summed E-state index contributed by atoms with van der Waals surface area (Å²) in [6.07, 6.45) is 0. The highest BCUT2D eigenvalue weighted by molar-refractivity contribution is 8.14. The van der Waals surface area contributed by atoms with Gasteiger partial charge in [-0.2, -0.15) is 0 Å². The van der Waals surface area contributed by atoms with Gasteiger partial charge in [0.1, 0.15) is 11.6 Å². The van der Waals surface area contributed by atoms with E-state index in [-0.39, 0.29) is 30.4 Å². The predicted molar refractivity (Wildman–Crippen MR) is 77.6 cm³/mol. The molecule has 1 aliphatic heterocycles. The molecule has 122 valence electrons. The summed E-state index contributed by atoms with van der Waals surface area (Å²) < 4.78 is 26.1. The van der Waals surface area contributed by atoms with Crippen LogP contribution in [0.2, 0.25) is 0 Å². The van der Waals surface area contributed by atoms with Gasteiger partial charge in [0.2, 0.25) is 5.91 Å². The summed E-state index contributed by atoms with van der Waals surface area (Å²) in [6, 6.07) is 2.48. The molecule has 1 saturated heterocycles. The monoisotopic (exact) mass is 343 g/mol. The molecule has 2 N–H and O–H groups in total. The second-order valence-corrected chi connectivity index (χ2v) is 5.36. The summed E-state index contributed by atoms with van der Waals surface area (Å²) in [5.41, 5.74) is -0.340. The van der Waals surface area contributed by atoms with E-state index < -0.39 is 28.7 Å². The van der Waals surface area contributed by atoms with E-state index in [1.54, 1.807) is 0 Å². The van der Waals surface area contributed by atoms with Crippen molar-refractivity contribution in [1.82, 2.24) is 10.2 Å². The van der Waals surface area contributed by atoms with Crippen molar-refractivity contribution in [3.05, 3.63) is 29.8 Å². The molecule has 23 heavy (non-hydrogen) atoms. The summed E-state index contributed by atoms with van der Waals surface area (Å²) in [4.78, 5) is 46.7. The number of carbonyl (C=O) groups excluding carboxylic acids is 4. The van der Waals surface area contributed by atoms with Gasteiger partial charge in [0, 0.05) is 19.2 Å². The van der Waals surface area contributed by atoms with Gasteiger partial charge in [0.05, 0.1) is 11.4 Å². The number of benzene rings is 1. The Kier molecular flexibility index (Phi) is 5.27. The van der Waals surface area contributed by atoms with E-state index in [0.717, 1.165) is 28.8 Å². The number of nitrogens with zero attached hydrogens (tertiary/aromatic N) is 1. The molecule has 0 unspecified atom stereocenters. The van der Waals surface area contributed by atoms with Crippen LogP contribution in [0.1, 0.15) is 0 Å². The Balaban J connectivity index is 1.82. The lowest BCUT2D eigenvalue weighted by Crippen LogP contribution is -2.41. The molecule has 0 aromatic heterocycles. The van der Waals surface area contributed by atoms with Gasteiger partial charge in [-0.15, -0.1) is 0 Å². The highest BCUT2D eigenvalue weighted by atomic mass is 32.2. The van der Waals surface area contributed by atoms with Gasteiger partial charge in [-0.25, -0.2) is 8.78 Å². The van der Waals surface area contributed by atoms with Crippen molar-refractivity contribution in [1.29, 1.82) is 0 Å². The number of rotatable bonds is 4. The van der Waals surface area contributed by atoms with Crippen LogP contribution in [0, 0.1) is 11.6 Å². The smallest absolute Gasteiger partial charge is 0.313 e. The largest absolute Gasteiger partial charge is 0.346 e. The first-order chi connectivity index (χ1) is 10.9. The lowest BCUT2D eigenvalue weighted by molar-refractivity contribution is -0.136. The molecule has 0 spiro atoms. The lowest BCUT2D eigenvalue weighted by Gasteiger charge is -2.13. The van der Waals surface area contributed by atoms with Crippen LogP contribution < -0.4 is 10.6 Å². The van der Waals surface area contributed by atoms with Crippen molar-refractivity contribution >= 4 is 40.4 Å². The summed E-state index contributed by atoms with van der Waals surface area (Å²) in [5.74, 6) is -4.37. The molecule has 0 saturated carbocycles. The minimum absolute atomic E-state index is 0.0527. The number of halogens is 2. The van der Waals surface area contributed by atoms with E-state index in [0.29, 0.717) is 6.07 Å². The molecule has 0 aliphatic carbocycles. The molecule has 0 radical (unpaired) electrons. The number of hydrogen-bond acceptors (Lipinski definition) is 5. The Labute approximate surface area is 133 Å². The fourth-order valence-electron chi connectivity index (χ4n) is 1.73. The second-order valence-electron chi connectivity index (χ2n) is 4.43. The molecule has 1 heterocycles. The Morgan fingerprint density at radius 2 is 1.96 bits per heavy atom. The van der Waals surface area contributed by atoms with Gasteiger partial charge >= 0.3 is 11.8 Å². The molecule has 1 aromatic rings. The van der Waals surface area contributed by atoms with E-state index in [1.165, 1.54) is 0 Å². The van der Waals surface area contributed by atoms with Crippen LogP contribution in [-0.4, -0.2) is 46.7 Å². The molecular weight excluding hydrogens is 332 g/mol. The average Bonchev–Trinajstić information content (AvgIpc) is 2.81. The molecule has 2 rings (SSSR count). The third-order valence-electron chi connectivity index (χ3n) is 2.85. The number of thioether (sulfide) groups is 1. The van der Waals surface area contributed by atoms with Crippen LogP contribution in [-0.2, 0) is 14.4 Å². The first-order valence-electron chi connectivity index (χ1n) is 6.40. The minimum atomic E-state index is -1.15. The number of carbonyl (C=O) groups is 4. The molecule has 0 atom stereocenters. The fraction of sp³-hybridized carbons (Fsp3) is 0.231. The minimum Gasteiger partial charge on any atom is -0.346 e. The zero-order valence-corrected chi connectivity index (χ0v) is 12.4. The van der Waals surface area contributed by atoms with Crippen LogP contribution in [0.5, 0.6) is 0 Å². The standard InChI is InChI=1S/C13H11F2N3O4S/c14-7-1-2-9(8(15)5-7)17-12(21)11(20)16-3-4-18-10(19)6-23-13(18)22/h1-2,5H,3-4,6H2,(H,16,20)(H,17,21). The lowest BCUT2D eigenvalue weighted by atomic mass is 10.3. The van der Waals surface area contributed by atoms with E-state index in [4.69, 9.17) is 0 Å². The Morgan fingerprint density at radius 1 is 1.22 bits per heavy atom. The maximum absolute atomic E-state index is 13.3. The highest BCUT2D eigenvalue weighted by Crippen LogP contribution is 2.17. The van der Waals surface area contributed by atoms with Gasteiger partial charge < -0.3 is 10.6 Å². The quantitative estimate of drug-likeness (QED) is 0.785. The molecule has 10 heteroatoms. The maximum Gasteiger partial charge on any atom is 0.313 e. The maximum atomic E-state index is 13.3. The van der Waals surface area contributed by atoms with E-state index in [2.05, 4.69) is 5.32 Å². The molecule has 4 amide bonds. The van der Waals surface area contributed by atoms with Crippen LogP contribution in [0.4, 0.5) is 19.3 Å². The number of imide groups is 1. The van der Waals surface area contributed by atoms with Gasteiger partial charge in [-0.05, 0) is 12.1 Å². The van der Waals surface area contributed by atoms with Gasteiger partial charge in [-0.1, -0.05) is 11.8 Å². The first-order valence-corrected chi connectivity index (χ1v) is 7.38. The number of hydrogen-bond donors (Lipinski definition) is 2. The average molecular weight is 343 g/mol. The third kappa shape index (κ3) is 4.25. The van der Waals surface area contributed by atoms with Crippen LogP contribution >= 0.6 is 11.8 Å². The summed E-state index contributed by atoms with van der Waals surface area (Å²) in [5, 5.41) is 3.77. The topological polar surface area (TPSA) is 95.6 Å². The van der Waals surface area contributed by atoms with Crippen molar-refractivity contribution in [3.63, 3.8) is 0 Å². The first kappa shape index (κ1) is 16.9. The summed E-state index contributed by atoms with van der Waals surface area (Å²) in [7, 11) is 0. The number of anilines is 1. The molecule has 1 aromatic carbocycles. The van der Waals surface area contributed by atoms with E-state index >= 15 is 0 Å². The summed E-state index contributed by atoms with van der Waals surface area (Å²) in [6.45, 7) is -0.176. The Hall–Kier alpha value is -2.49. The van der Waals surface area contributed by atoms with Crippen molar-refractivity contribution < 1.29 is 28.0 Å². The Morgan fingerprint density at radius 3 is 2.57 bits per heavy atom. The molecule has 7 nitrogen and oxygen atoms in total. The fourth-order valence-corrected chi connectivity index (χ4v) is 2.48. The van der Waals surface area contributed by atoms with Crippen molar-refractivity contribution in [2.45, 2.75) is 0 Å². The SMILES string of the molecule is O=C(NCCN1C(=O)CSC1=O)C(=O)Nc1ccc(F)cc1F. The highest BCUT2D eigenvalue weighted by Gasteiger charge is 2.29. The van der Waals surface area contributed by atoms with E-state index in [9.17, 15) is 28.0 Å². The molecule has 1 aliphatic rings. The second kappa shape index (κ2) is 7.18. The molecule has 1 fully saturated rings. The number of nitrogens with one attached hydrogen (secondary N) is 2. The van der Waals surface area contributed by atoms with Crippen LogP contribution in [0.15, 0.2) is 18.2 Å². The zero-order chi connectivity index (χ0) is 17.0. The van der Waals surface area contributed by atoms with Crippen LogP contribution in [0.3, 0.4) is 0 Å². The van der Waals surface area contributed by atoms with Crippen LogP contribution in [0.25, 0.3) is 0 Å². The van der Waals surface area contributed by atoms with Gasteiger partial charge in [-0.3, -0.25) is 24.1 Å².